The van der Waals surface area contributed by atoms with E-state index in [1.54, 1.807) is 25.2 Å². The van der Waals surface area contributed by atoms with Gasteiger partial charge in [-0.1, -0.05) is 6.07 Å². The van der Waals surface area contributed by atoms with Crippen molar-refractivity contribution in [1.29, 1.82) is 0 Å². The first kappa shape index (κ1) is 19.4. The minimum atomic E-state index is -0.722. The molecule has 10 heteroatoms. The Morgan fingerprint density at radius 1 is 1.07 bits per heavy atom. The number of carbonyl (C=O) groups excluding carboxylic acids is 3. The number of imide groups is 1. The fraction of sp³-hybridized carbons (Fsp3) is 0.250. The van der Waals surface area contributed by atoms with E-state index in [0.29, 0.717) is 24.7 Å². The van der Waals surface area contributed by atoms with Crippen molar-refractivity contribution in [1.82, 2.24) is 9.80 Å². The number of rotatable bonds is 5. The molecule has 2 aliphatic heterocycles. The van der Waals surface area contributed by atoms with E-state index in [1.807, 2.05) is 0 Å². The molecule has 0 fully saturated rings. The Kier molecular flexibility index (Phi) is 4.82. The molecule has 0 aromatic heterocycles. The summed E-state index contributed by atoms with van der Waals surface area (Å²) in [6.07, 6.45) is 0. The minimum Gasteiger partial charge on any atom is -0.486 e. The molecule has 30 heavy (non-hydrogen) atoms. The standard InChI is InChI=1S/C20H17N3O7/c1-21(10-12-2-5-16-17(8-12)30-7-6-29-16)18(24)11-22-19(25)14-4-3-13(23(27)28)9-15(14)20(22)26/h2-5,8-9H,6-7,10-11H2,1H3. The van der Waals surface area contributed by atoms with E-state index in [0.717, 1.165) is 22.6 Å². The third kappa shape index (κ3) is 3.43. The summed E-state index contributed by atoms with van der Waals surface area (Å²) in [5, 5.41) is 10.9. The fourth-order valence-corrected chi connectivity index (χ4v) is 3.34. The molecule has 0 aliphatic carbocycles. The second-order valence-electron chi connectivity index (χ2n) is 6.91. The average molecular weight is 411 g/mol. The molecule has 0 N–H and O–H groups in total. The number of carbonyl (C=O) groups is 3. The van der Waals surface area contributed by atoms with E-state index >= 15 is 0 Å². The molecule has 3 amide bonds. The number of fused-ring (bicyclic) bond motifs is 2. The molecule has 2 aromatic rings. The van der Waals surface area contributed by atoms with E-state index in [4.69, 9.17) is 9.47 Å². The van der Waals surface area contributed by atoms with Crippen LogP contribution in [-0.2, 0) is 11.3 Å². The van der Waals surface area contributed by atoms with Crippen LogP contribution in [0, 0.1) is 10.1 Å². The average Bonchev–Trinajstić information content (AvgIpc) is 2.98. The van der Waals surface area contributed by atoms with Gasteiger partial charge in [0.15, 0.2) is 11.5 Å². The normalized spacial score (nSPS) is 14.5. The highest BCUT2D eigenvalue weighted by molar-refractivity contribution is 6.22. The number of amides is 3. The monoisotopic (exact) mass is 411 g/mol. The lowest BCUT2D eigenvalue weighted by Gasteiger charge is -2.22. The zero-order valence-corrected chi connectivity index (χ0v) is 16.0. The molecule has 154 valence electrons. The molecule has 0 radical (unpaired) electrons. The van der Waals surface area contributed by atoms with Crippen molar-refractivity contribution in [3.8, 4) is 11.5 Å². The van der Waals surface area contributed by atoms with Crippen molar-refractivity contribution >= 4 is 23.4 Å². The van der Waals surface area contributed by atoms with Crippen molar-refractivity contribution in [2.24, 2.45) is 0 Å². The summed E-state index contributed by atoms with van der Waals surface area (Å²) in [5.74, 6) is -0.583. The first-order chi connectivity index (χ1) is 14.3. The maximum Gasteiger partial charge on any atom is 0.270 e. The van der Waals surface area contributed by atoms with Crippen LogP contribution in [0.2, 0.25) is 0 Å². The number of hydrogen-bond acceptors (Lipinski definition) is 7. The number of nitrogens with zero attached hydrogens (tertiary/aromatic N) is 3. The molecule has 2 heterocycles. The maximum atomic E-state index is 12.6. The van der Waals surface area contributed by atoms with Gasteiger partial charge in [0.1, 0.15) is 19.8 Å². The third-order valence-electron chi connectivity index (χ3n) is 4.91. The predicted molar refractivity (Wildman–Crippen MR) is 102 cm³/mol. The summed E-state index contributed by atoms with van der Waals surface area (Å²) in [7, 11) is 1.56. The van der Waals surface area contributed by atoms with Crippen molar-refractivity contribution in [3.63, 3.8) is 0 Å². The molecule has 0 unspecified atom stereocenters. The number of nitro groups is 1. The van der Waals surface area contributed by atoms with E-state index in [9.17, 15) is 24.5 Å². The van der Waals surface area contributed by atoms with Gasteiger partial charge >= 0.3 is 0 Å². The summed E-state index contributed by atoms with van der Waals surface area (Å²) in [6, 6.07) is 8.79. The lowest BCUT2D eigenvalue weighted by atomic mass is 10.1. The van der Waals surface area contributed by atoms with Gasteiger partial charge in [-0.2, -0.15) is 0 Å². The van der Waals surface area contributed by atoms with Gasteiger partial charge in [0, 0.05) is 25.7 Å². The number of non-ortho nitro benzene ring substituents is 1. The molecule has 0 spiro atoms. The van der Waals surface area contributed by atoms with Gasteiger partial charge in [0.05, 0.1) is 16.1 Å². The van der Waals surface area contributed by atoms with E-state index in [1.165, 1.54) is 11.0 Å². The summed E-state index contributed by atoms with van der Waals surface area (Å²) < 4.78 is 11.0. The minimum absolute atomic E-state index is 0.0490. The van der Waals surface area contributed by atoms with E-state index in [2.05, 4.69) is 0 Å². The molecular weight excluding hydrogens is 394 g/mol. The molecule has 0 bridgehead atoms. The third-order valence-corrected chi connectivity index (χ3v) is 4.91. The van der Waals surface area contributed by atoms with Crippen molar-refractivity contribution in [3.05, 3.63) is 63.2 Å². The largest absolute Gasteiger partial charge is 0.486 e. The molecule has 2 aromatic carbocycles. The second kappa shape index (κ2) is 7.47. The van der Waals surface area contributed by atoms with E-state index < -0.39 is 29.2 Å². The topological polar surface area (TPSA) is 119 Å². The van der Waals surface area contributed by atoms with Gasteiger partial charge in [0.25, 0.3) is 17.5 Å². The van der Waals surface area contributed by atoms with Gasteiger partial charge in [-0.3, -0.25) is 29.4 Å². The molecule has 0 atom stereocenters. The Morgan fingerprint density at radius 3 is 2.50 bits per heavy atom. The Hall–Kier alpha value is -3.95. The van der Waals surface area contributed by atoms with Crippen molar-refractivity contribution in [2.45, 2.75) is 6.54 Å². The molecule has 0 saturated heterocycles. The van der Waals surface area contributed by atoms with Crippen LogP contribution in [0.3, 0.4) is 0 Å². The van der Waals surface area contributed by atoms with Gasteiger partial charge in [-0.05, 0) is 23.8 Å². The predicted octanol–water partition coefficient (Wildman–Crippen LogP) is 1.62. The lowest BCUT2D eigenvalue weighted by Crippen LogP contribution is -2.40. The van der Waals surface area contributed by atoms with Crippen LogP contribution in [0.5, 0.6) is 11.5 Å². The van der Waals surface area contributed by atoms with Crippen LogP contribution in [0.15, 0.2) is 36.4 Å². The zero-order valence-electron chi connectivity index (χ0n) is 16.0. The van der Waals surface area contributed by atoms with Crippen molar-refractivity contribution < 1.29 is 28.8 Å². The quantitative estimate of drug-likeness (QED) is 0.417. The Labute approximate surface area is 170 Å². The molecule has 4 rings (SSSR count). The van der Waals surface area contributed by atoms with Crippen LogP contribution in [0.25, 0.3) is 0 Å². The molecule has 0 saturated carbocycles. The van der Waals surface area contributed by atoms with Gasteiger partial charge < -0.3 is 14.4 Å². The highest BCUT2D eigenvalue weighted by Crippen LogP contribution is 2.31. The number of benzene rings is 2. The first-order valence-electron chi connectivity index (χ1n) is 9.12. The maximum absolute atomic E-state index is 12.6. The molecule has 2 aliphatic rings. The summed E-state index contributed by atoms with van der Waals surface area (Å²) in [4.78, 5) is 50.1. The van der Waals surface area contributed by atoms with Gasteiger partial charge in [-0.15, -0.1) is 0 Å². The van der Waals surface area contributed by atoms with Gasteiger partial charge in [0.2, 0.25) is 5.91 Å². The van der Waals surface area contributed by atoms with Crippen LogP contribution in [-0.4, -0.2) is 59.3 Å². The summed E-state index contributed by atoms with van der Waals surface area (Å²) in [6.45, 7) is 0.711. The number of nitro benzene ring substituents is 1. The van der Waals surface area contributed by atoms with Crippen LogP contribution >= 0.6 is 0 Å². The Morgan fingerprint density at radius 2 is 1.77 bits per heavy atom. The molecular formula is C20H17N3O7. The zero-order chi connectivity index (χ0) is 21.4. The summed E-state index contributed by atoms with van der Waals surface area (Å²) in [5.41, 5.74) is 0.483. The SMILES string of the molecule is CN(Cc1ccc2c(c1)OCCO2)C(=O)CN1C(=O)c2ccc([N+](=O)[O-])cc2C1=O. The highest BCUT2D eigenvalue weighted by Gasteiger charge is 2.38. The van der Waals surface area contributed by atoms with Gasteiger partial charge in [-0.25, -0.2) is 0 Å². The second-order valence-corrected chi connectivity index (χ2v) is 6.91. The van der Waals surface area contributed by atoms with Crippen LogP contribution in [0.1, 0.15) is 26.3 Å². The van der Waals surface area contributed by atoms with Crippen LogP contribution in [0.4, 0.5) is 5.69 Å². The Balaban J connectivity index is 1.45. The number of hydrogen-bond donors (Lipinski definition) is 0. The smallest absolute Gasteiger partial charge is 0.270 e. The van der Waals surface area contributed by atoms with E-state index in [-0.39, 0.29) is 23.4 Å². The number of ether oxygens (including phenoxy) is 2. The highest BCUT2D eigenvalue weighted by atomic mass is 16.6. The molecule has 10 nitrogen and oxygen atoms in total. The summed E-state index contributed by atoms with van der Waals surface area (Å²) >= 11 is 0. The van der Waals surface area contributed by atoms with Crippen molar-refractivity contribution in [2.75, 3.05) is 26.8 Å². The number of likely N-dealkylation sites (N-methyl/N-ethyl adjacent to an activating group) is 1. The fourth-order valence-electron chi connectivity index (χ4n) is 3.34. The first-order valence-corrected chi connectivity index (χ1v) is 9.12. The van der Waals surface area contributed by atoms with Crippen LogP contribution < -0.4 is 9.47 Å². The lowest BCUT2D eigenvalue weighted by molar-refractivity contribution is -0.384. The Bertz CT molecular complexity index is 1080.